The van der Waals surface area contributed by atoms with Crippen molar-refractivity contribution in [1.82, 2.24) is 7.96 Å². The Hall–Kier alpha value is -0.541. The maximum absolute atomic E-state index is 4.44. The van der Waals surface area contributed by atoms with Gasteiger partial charge in [0.1, 0.15) is 0 Å². The van der Waals surface area contributed by atoms with Crippen molar-refractivity contribution in [1.29, 1.82) is 0 Å². The summed E-state index contributed by atoms with van der Waals surface area (Å²) in [7, 11) is 0. The van der Waals surface area contributed by atoms with Crippen molar-refractivity contribution in [3.05, 3.63) is 11.1 Å². The second-order valence-electron chi connectivity index (χ2n) is 3.17. The summed E-state index contributed by atoms with van der Waals surface area (Å²) in [6, 6.07) is 0. The standard InChI is InChI=1S/C8H6N4Se2/c1-3-5-7(11-13-9-5)4(2)8-6(3)10-14-12-8/h1-2H3. The van der Waals surface area contributed by atoms with E-state index in [4.69, 9.17) is 0 Å². The molecule has 0 bridgehead atoms. The van der Waals surface area contributed by atoms with E-state index in [9.17, 15) is 0 Å². The Morgan fingerprint density at radius 3 is 1.86 bits per heavy atom. The van der Waals surface area contributed by atoms with E-state index in [1.54, 1.807) is 0 Å². The van der Waals surface area contributed by atoms with Crippen LogP contribution in [0.3, 0.4) is 0 Å². The average Bonchev–Trinajstić information content (AvgIpc) is 2.82. The fourth-order valence-corrected chi connectivity index (χ4v) is 4.32. The van der Waals surface area contributed by atoms with Crippen LogP contribution in [0, 0.1) is 13.8 Å². The molecule has 0 aliphatic carbocycles. The molecule has 1 aromatic carbocycles. The topological polar surface area (TPSA) is 50.5 Å². The predicted octanol–water partition coefficient (Wildman–Crippen LogP) is 1.65. The van der Waals surface area contributed by atoms with Crippen LogP contribution in [0.1, 0.15) is 11.1 Å². The average molecular weight is 316 g/mol. The molecule has 0 N–H and O–H groups in total. The number of hydrogen-bond acceptors (Lipinski definition) is 4. The zero-order valence-electron chi connectivity index (χ0n) is 7.61. The number of nitrogens with zero attached hydrogens (tertiary/aromatic N) is 4. The molecule has 0 fully saturated rings. The van der Waals surface area contributed by atoms with Gasteiger partial charge in [0.15, 0.2) is 0 Å². The zero-order valence-corrected chi connectivity index (χ0v) is 11.0. The van der Waals surface area contributed by atoms with E-state index in [1.165, 1.54) is 0 Å². The van der Waals surface area contributed by atoms with Gasteiger partial charge >= 0.3 is 92.8 Å². The van der Waals surface area contributed by atoms with Crippen molar-refractivity contribution >= 4 is 51.9 Å². The Labute approximate surface area is 92.7 Å². The third-order valence-corrected chi connectivity index (χ3v) is 4.62. The summed E-state index contributed by atoms with van der Waals surface area (Å²) in [4.78, 5) is 0. The van der Waals surface area contributed by atoms with Crippen molar-refractivity contribution in [2.45, 2.75) is 13.8 Å². The summed E-state index contributed by atoms with van der Waals surface area (Å²) in [5, 5.41) is 0. The van der Waals surface area contributed by atoms with Crippen molar-refractivity contribution < 1.29 is 0 Å². The van der Waals surface area contributed by atoms with Crippen molar-refractivity contribution in [3.63, 3.8) is 0 Å². The van der Waals surface area contributed by atoms with Gasteiger partial charge in [-0.15, -0.1) is 0 Å². The molecular formula is C8H6N4Se2. The molecule has 3 rings (SSSR count). The van der Waals surface area contributed by atoms with Crippen LogP contribution >= 0.6 is 0 Å². The number of aromatic nitrogens is 2. The van der Waals surface area contributed by atoms with Crippen LogP contribution in [-0.2, 0) is 0 Å². The van der Waals surface area contributed by atoms with Crippen LogP contribution in [0.5, 0.6) is 0 Å². The van der Waals surface area contributed by atoms with Gasteiger partial charge in [-0.25, -0.2) is 0 Å². The quantitative estimate of drug-likeness (QED) is 0.592. The first-order chi connectivity index (χ1) is 6.79. The van der Waals surface area contributed by atoms with Gasteiger partial charge in [0.05, 0.1) is 0 Å². The van der Waals surface area contributed by atoms with Gasteiger partial charge in [-0.1, -0.05) is 0 Å². The van der Waals surface area contributed by atoms with Gasteiger partial charge in [-0.2, -0.15) is 0 Å². The second-order valence-corrected chi connectivity index (χ2v) is 5.39. The number of fused-ring (bicyclic) bond motifs is 2. The fourth-order valence-electron chi connectivity index (χ4n) is 1.59. The van der Waals surface area contributed by atoms with Crippen LogP contribution in [-0.4, -0.2) is 37.5 Å². The van der Waals surface area contributed by atoms with Gasteiger partial charge in [0, 0.05) is 0 Å². The molecule has 0 unspecified atom stereocenters. The number of rotatable bonds is 0. The Balaban J connectivity index is 2.59. The van der Waals surface area contributed by atoms with E-state index in [0.29, 0.717) is 0 Å². The molecule has 70 valence electrons. The number of benzene rings is 1. The molecule has 1 aromatic heterocycles. The molecular weight excluding hydrogens is 310 g/mol. The molecule has 0 radical (unpaired) electrons. The number of hydrogen-bond donors (Lipinski definition) is 0. The molecule has 2 aromatic rings. The zero-order chi connectivity index (χ0) is 9.71. The van der Waals surface area contributed by atoms with E-state index in [1.807, 2.05) is 0 Å². The summed E-state index contributed by atoms with van der Waals surface area (Å²) in [6.45, 7) is 4.13. The van der Waals surface area contributed by atoms with Gasteiger partial charge in [-0.3, -0.25) is 0 Å². The Kier molecular flexibility index (Phi) is 1.86. The first-order valence-corrected chi connectivity index (χ1v) is 7.19. The number of aryl methyl sites for hydroxylation is 2. The monoisotopic (exact) mass is 318 g/mol. The van der Waals surface area contributed by atoms with Gasteiger partial charge in [-0.05, 0) is 0 Å². The summed E-state index contributed by atoms with van der Waals surface area (Å²) < 4.78 is 17.8. The minimum absolute atomic E-state index is 0.0398. The van der Waals surface area contributed by atoms with E-state index in [2.05, 4.69) is 29.7 Å². The van der Waals surface area contributed by atoms with Crippen LogP contribution in [0.15, 0.2) is 7.92 Å². The normalized spacial score (nSPS) is 13.3. The molecule has 2 heterocycles. The van der Waals surface area contributed by atoms with Crippen LogP contribution in [0.25, 0.3) is 11.0 Å². The van der Waals surface area contributed by atoms with Gasteiger partial charge < -0.3 is 0 Å². The SMILES string of the molecule is Cc1c2c(c(C)c3n[se]nc13)N=[Se]=N2. The molecule has 1 aliphatic rings. The van der Waals surface area contributed by atoms with E-state index >= 15 is 0 Å². The molecule has 6 heteroatoms. The summed E-state index contributed by atoms with van der Waals surface area (Å²) >= 11 is 0.0795. The third-order valence-electron chi connectivity index (χ3n) is 2.40. The molecule has 1 aliphatic heterocycles. The second kappa shape index (κ2) is 2.97. The third kappa shape index (κ3) is 0.997. The van der Waals surface area contributed by atoms with E-state index in [0.717, 1.165) is 33.5 Å². The molecule has 4 nitrogen and oxygen atoms in total. The summed E-state index contributed by atoms with van der Waals surface area (Å²) in [5.74, 6) is 0. The van der Waals surface area contributed by atoms with Crippen molar-refractivity contribution in [2.24, 2.45) is 7.92 Å². The van der Waals surface area contributed by atoms with Crippen LogP contribution in [0.2, 0.25) is 0 Å². The fraction of sp³-hybridized carbons (Fsp3) is 0.250. The summed E-state index contributed by atoms with van der Waals surface area (Å²) in [5.41, 5.74) is 6.53. The van der Waals surface area contributed by atoms with Crippen LogP contribution in [0.4, 0.5) is 11.4 Å². The Morgan fingerprint density at radius 1 is 0.857 bits per heavy atom. The van der Waals surface area contributed by atoms with Gasteiger partial charge in [0.25, 0.3) is 0 Å². The Morgan fingerprint density at radius 2 is 1.36 bits per heavy atom. The van der Waals surface area contributed by atoms with Crippen molar-refractivity contribution in [2.75, 3.05) is 0 Å². The first kappa shape index (κ1) is 8.74. The van der Waals surface area contributed by atoms with E-state index < -0.39 is 0 Å². The predicted molar refractivity (Wildman–Crippen MR) is 55.9 cm³/mol. The molecule has 0 spiro atoms. The molecule has 0 saturated carbocycles. The molecule has 0 atom stereocenters. The van der Waals surface area contributed by atoms with E-state index in [-0.39, 0.29) is 29.5 Å². The van der Waals surface area contributed by atoms with Crippen LogP contribution < -0.4 is 0 Å². The minimum atomic E-state index is 0.0398. The molecule has 14 heavy (non-hydrogen) atoms. The Bertz CT molecular complexity index is 559. The van der Waals surface area contributed by atoms with Gasteiger partial charge in [0.2, 0.25) is 0 Å². The first-order valence-electron chi connectivity index (χ1n) is 4.12. The summed E-state index contributed by atoms with van der Waals surface area (Å²) in [6.07, 6.45) is 0. The molecule has 0 saturated heterocycles. The molecule has 0 amide bonds. The van der Waals surface area contributed by atoms with Crippen molar-refractivity contribution in [3.8, 4) is 0 Å². The maximum atomic E-state index is 4.44.